The van der Waals surface area contributed by atoms with E-state index in [0.717, 1.165) is 25.8 Å². The second kappa shape index (κ2) is 8.28. The minimum Gasteiger partial charge on any atom is -0.495 e. The van der Waals surface area contributed by atoms with Crippen LogP contribution in [0.25, 0.3) is 0 Å². The number of halogens is 1. The van der Waals surface area contributed by atoms with E-state index < -0.39 is 9.84 Å². The van der Waals surface area contributed by atoms with Gasteiger partial charge in [0.25, 0.3) is 0 Å². The molecule has 2 atom stereocenters. The highest BCUT2D eigenvalue weighted by Gasteiger charge is 2.49. The Bertz CT molecular complexity index is 931. The van der Waals surface area contributed by atoms with Gasteiger partial charge in [-0.15, -0.1) is 0 Å². The number of piperazine rings is 1. The number of carbonyl (C=O) groups is 1. The van der Waals surface area contributed by atoms with E-state index >= 15 is 0 Å². The first-order valence-corrected chi connectivity index (χ1v) is 12.4. The number of methoxy groups -OCH3 is 1. The summed E-state index contributed by atoms with van der Waals surface area (Å²) in [5.74, 6) is 0.538. The number of allylic oxidation sites excluding steroid dienone is 1. The van der Waals surface area contributed by atoms with Gasteiger partial charge in [0.2, 0.25) is 5.91 Å². The zero-order valence-electron chi connectivity index (χ0n) is 16.6. The Hall–Kier alpha value is -1.57. The second-order valence-electron chi connectivity index (χ2n) is 8.12. The molecular formula is C21H27ClN2O4S. The monoisotopic (exact) mass is 438 g/mol. The summed E-state index contributed by atoms with van der Waals surface area (Å²) in [5, 5.41) is 0.405. The molecule has 0 aromatic heterocycles. The molecular weight excluding hydrogens is 412 g/mol. The van der Waals surface area contributed by atoms with E-state index in [1.807, 2.05) is 0 Å². The van der Waals surface area contributed by atoms with Gasteiger partial charge in [-0.2, -0.15) is 0 Å². The molecule has 2 fully saturated rings. The van der Waals surface area contributed by atoms with Crippen molar-refractivity contribution >= 4 is 33.0 Å². The fourth-order valence-corrected chi connectivity index (χ4v) is 7.00. The number of rotatable bonds is 5. The minimum atomic E-state index is -3.20. The van der Waals surface area contributed by atoms with E-state index in [9.17, 15) is 13.2 Å². The number of sulfone groups is 1. The van der Waals surface area contributed by atoms with Crippen molar-refractivity contribution in [2.75, 3.05) is 36.6 Å². The fourth-order valence-electron chi connectivity index (χ4n) is 4.76. The zero-order valence-corrected chi connectivity index (χ0v) is 18.2. The molecule has 29 heavy (non-hydrogen) atoms. The van der Waals surface area contributed by atoms with E-state index in [0.29, 0.717) is 16.5 Å². The first kappa shape index (κ1) is 20.7. The first-order valence-electron chi connectivity index (χ1n) is 10.2. The number of benzene rings is 1. The molecule has 8 heteroatoms. The Labute approximate surface area is 177 Å². The van der Waals surface area contributed by atoms with Crippen LogP contribution in [0.1, 0.15) is 32.1 Å². The van der Waals surface area contributed by atoms with Crippen molar-refractivity contribution < 1.29 is 17.9 Å². The third-order valence-corrected chi connectivity index (χ3v) is 8.21. The molecule has 0 unspecified atom stereocenters. The van der Waals surface area contributed by atoms with Gasteiger partial charge < -0.3 is 9.64 Å². The third kappa shape index (κ3) is 4.32. The van der Waals surface area contributed by atoms with Crippen molar-refractivity contribution in [3.05, 3.63) is 34.9 Å². The van der Waals surface area contributed by atoms with Crippen molar-refractivity contribution in [3.8, 4) is 5.75 Å². The van der Waals surface area contributed by atoms with Gasteiger partial charge in [0.1, 0.15) is 5.75 Å². The van der Waals surface area contributed by atoms with Crippen molar-refractivity contribution in [1.29, 1.82) is 0 Å². The molecule has 2 saturated heterocycles. The molecule has 0 saturated carbocycles. The highest BCUT2D eigenvalue weighted by atomic mass is 35.5. The van der Waals surface area contributed by atoms with Gasteiger partial charge in [-0.3, -0.25) is 9.69 Å². The molecule has 6 nitrogen and oxygen atoms in total. The molecule has 0 N–H and O–H groups in total. The Morgan fingerprint density at radius 3 is 2.69 bits per heavy atom. The Morgan fingerprint density at radius 2 is 2.00 bits per heavy atom. The topological polar surface area (TPSA) is 66.9 Å². The summed E-state index contributed by atoms with van der Waals surface area (Å²) in [7, 11) is -1.67. The molecule has 2 aliphatic heterocycles. The summed E-state index contributed by atoms with van der Waals surface area (Å²) in [6, 6.07) is 4.61. The van der Waals surface area contributed by atoms with Crippen LogP contribution >= 0.6 is 11.6 Å². The average molecular weight is 439 g/mol. The maximum absolute atomic E-state index is 13.1. The molecule has 1 amide bonds. The summed E-state index contributed by atoms with van der Waals surface area (Å²) < 4.78 is 30.2. The van der Waals surface area contributed by atoms with E-state index in [4.69, 9.17) is 16.3 Å². The SMILES string of the molecule is COc1ccc(N2C(=O)CN(CCC3=CCCCC3)[C@@H]3CS(=O)(=O)C[C@H]32)cc1Cl. The lowest BCUT2D eigenvalue weighted by molar-refractivity contribution is -0.123. The molecule has 0 spiro atoms. The van der Waals surface area contributed by atoms with Gasteiger partial charge >= 0.3 is 0 Å². The predicted octanol–water partition coefficient (Wildman–Crippen LogP) is 3.05. The highest BCUT2D eigenvalue weighted by molar-refractivity contribution is 7.91. The van der Waals surface area contributed by atoms with Crippen LogP contribution in [-0.4, -0.2) is 63.0 Å². The molecule has 1 aromatic rings. The van der Waals surface area contributed by atoms with Crippen LogP contribution in [-0.2, 0) is 14.6 Å². The van der Waals surface area contributed by atoms with Crippen LogP contribution in [0, 0.1) is 0 Å². The third-order valence-electron chi connectivity index (χ3n) is 6.22. The second-order valence-corrected chi connectivity index (χ2v) is 10.7. The molecule has 158 valence electrons. The lowest BCUT2D eigenvalue weighted by Gasteiger charge is -2.43. The van der Waals surface area contributed by atoms with E-state index in [-0.39, 0.29) is 36.0 Å². The number of nitrogens with zero attached hydrogens (tertiary/aromatic N) is 2. The van der Waals surface area contributed by atoms with Crippen LogP contribution in [0.5, 0.6) is 5.75 Å². The fraction of sp³-hybridized carbons (Fsp3) is 0.571. The Balaban J connectivity index is 1.58. The molecule has 1 aliphatic carbocycles. The Morgan fingerprint density at radius 1 is 1.21 bits per heavy atom. The smallest absolute Gasteiger partial charge is 0.241 e. The Kier molecular flexibility index (Phi) is 5.91. The van der Waals surface area contributed by atoms with E-state index in [1.54, 1.807) is 23.1 Å². The van der Waals surface area contributed by atoms with Crippen LogP contribution in [0.2, 0.25) is 5.02 Å². The van der Waals surface area contributed by atoms with Gasteiger partial charge in [-0.25, -0.2) is 8.42 Å². The number of hydrogen-bond donors (Lipinski definition) is 0. The number of fused-ring (bicyclic) bond motifs is 1. The molecule has 4 rings (SSSR count). The molecule has 0 bridgehead atoms. The quantitative estimate of drug-likeness (QED) is 0.661. The highest BCUT2D eigenvalue weighted by Crippen LogP contribution is 2.35. The molecule has 3 aliphatic rings. The molecule has 2 heterocycles. The van der Waals surface area contributed by atoms with Gasteiger partial charge in [0.05, 0.1) is 36.2 Å². The number of ether oxygens (including phenoxy) is 1. The molecule has 1 aromatic carbocycles. The van der Waals surface area contributed by atoms with Crippen molar-refractivity contribution in [2.45, 2.75) is 44.2 Å². The van der Waals surface area contributed by atoms with Gasteiger partial charge in [0, 0.05) is 18.3 Å². The normalized spacial score (nSPS) is 26.9. The van der Waals surface area contributed by atoms with Crippen molar-refractivity contribution in [3.63, 3.8) is 0 Å². The largest absolute Gasteiger partial charge is 0.495 e. The van der Waals surface area contributed by atoms with Crippen molar-refractivity contribution in [1.82, 2.24) is 4.90 Å². The van der Waals surface area contributed by atoms with Crippen LogP contribution in [0.3, 0.4) is 0 Å². The number of carbonyl (C=O) groups excluding carboxylic acids is 1. The number of anilines is 1. The standard InChI is InChI=1S/C21H27ClN2O4S/c1-28-20-8-7-16(11-17(20)22)24-19-14-29(26,27)13-18(19)23(12-21(24)25)10-9-15-5-3-2-4-6-15/h5,7-8,11,18-19H,2-4,6,9-10,12-14H2,1H3/t18-,19-/m1/s1. The lowest BCUT2D eigenvalue weighted by Crippen LogP contribution is -2.62. The van der Waals surface area contributed by atoms with Crippen LogP contribution in [0.15, 0.2) is 29.8 Å². The first-order chi connectivity index (χ1) is 13.9. The van der Waals surface area contributed by atoms with Gasteiger partial charge in [-0.1, -0.05) is 23.3 Å². The van der Waals surface area contributed by atoms with Crippen LogP contribution < -0.4 is 9.64 Å². The van der Waals surface area contributed by atoms with Gasteiger partial charge in [-0.05, 0) is 50.3 Å². The van der Waals surface area contributed by atoms with Gasteiger partial charge in [0.15, 0.2) is 9.84 Å². The maximum Gasteiger partial charge on any atom is 0.241 e. The van der Waals surface area contributed by atoms with Crippen molar-refractivity contribution in [2.24, 2.45) is 0 Å². The summed E-state index contributed by atoms with van der Waals surface area (Å²) in [6.45, 7) is 0.957. The average Bonchev–Trinajstić information content (AvgIpc) is 3.01. The van der Waals surface area contributed by atoms with E-state index in [2.05, 4.69) is 11.0 Å². The lowest BCUT2D eigenvalue weighted by atomic mass is 9.96. The zero-order chi connectivity index (χ0) is 20.6. The summed E-state index contributed by atoms with van der Waals surface area (Å²) in [5.41, 5.74) is 2.06. The predicted molar refractivity (Wildman–Crippen MR) is 114 cm³/mol. The number of hydrogen-bond acceptors (Lipinski definition) is 5. The number of amides is 1. The summed E-state index contributed by atoms with van der Waals surface area (Å²) in [6.07, 6.45) is 7.92. The maximum atomic E-state index is 13.1. The minimum absolute atomic E-state index is 0.00769. The van der Waals surface area contributed by atoms with E-state index in [1.165, 1.54) is 25.5 Å². The molecule has 0 radical (unpaired) electrons. The summed E-state index contributed by atoms with van der Waals surface area (Å²) in [4.78, 5) is 16.8. The summed E-state index contributed by atoms with van der Waals surface area (Å²) >= 11 is 6.26. The van der Waals surface area contributed by atoms with Crippen LogP contribution in [0.4, 0.5) is 5.69 Å².